The van der Waals surface area contributed by atoms with Crippen molar-refractivity contribution in [3.05, 3.63) is 125 Å². The van der Waals surface area contributed by atoms with Crippen molar-refractivity contribution in [2.45, 2.75) is 32.0 Å². The first-order chi connectivity index (χ1) is 20.3. The van der Waals surface area contributed by atoms with Crippen LogP contribution >= 0.6 is 0 Å². The van der Waals surface area contributed by atoms with Gasteiger partial charge in [-0.05, 0) is 84.8 Å². The summed E-state index contributed by atoms with van der Waals surface area (Å²) in [5, 5.41) is 5.67. The zero-order chi connectivity index (χ0) is 29.5. The third kappa shape index (κ3) is 7.34. The summed E-state index contributed by atoms with van der Waals surface area (Å²) in [6.07, 6.45) is 1.84. The topological polar surface area (TPSA) is 74.3 Å². The molecule has 1 aromatic heterocycles. The van der Waals surface area contributed by atoms with E-state index in [0.29, 0.717) is 17.2 Å². The van der Waals surface area contributed by atoms with Gasteiger partial charge < -0.3 is 15.5 Å². The second-order valence-corrected chi connectivity index (χ2v) is 10.4. The van der Waals surface area contributed by atoms with Gasteiger partial charge in [0, 0.05) is 49.0 Å². The second kappa shape index (κ2) is 12.9. The first kappa shape index (κ1) is 28.9. The molecule has 2 N–H and O–H groups in total. The van der Waals surface area contributed by atoms with E-state index in [9.17, 15) is 22.8 Å². The van der Waals surface area contributed by atoms with Crippen LogP contribution in [0.4, 0.5) is 24.5 Å². The number of rotatable bonds is 8. The Balaban J connectivity index is 1.32. The van der Waals surface area contributed by atoms with Gasteiger partial charge in [0.05, 0.1) is 11.1 Å². The van der Waals surface area contributed by atoms with Gasteiger partial charge in [-0.25, -0.2) is 0 Å². The van der Waals surface area contributed by atoms with E-state index >= 15 is 0 Å². The third-order valence-corrected chi connectivity index (χ3v) is 7.47. The molecule has 1 saturated heterocycles. The normalized spacial score (nSPS) is 13.9. The number of benzene rings is 3. The molecule has 1 aliphatic heterocycles. The van der Waals surface area contributed by atoms with Gasteiger partial charge in [0.1, 0.15) is 0 Å². The summed E-state index contributed by atoms with van der Waals surface area (Å²) >= 11 is 0. The monoisotopic (exact) mass is 572 g/mol. The number of pyridine rings is 1. The molecule has 5 rings (SSSR count). The molecule has 1 aliphatic rings. The number of aromatic nitrogens is 1. The Morgan fingerprint density at radius 3 is 2.24 bits per heavy atom. The fourth-order valence-electron chi connectivity index (χ4n) is 5.19. The van der Waals surface area contributed by atoms with Gasteiger partial charge in [-0.15, -0.1) is 0 Å². The molecule has 6 nitrogen and oxygen atoms in total. The van der Waals surface area contributed by atoms with Crippen LogP contribution < -0.4 is 15.5 Å². The van der Waals surface area contributed by atoms with Crippen LogP contribution in [-0.2, 0) is 19.1 Å². The predicted octanol–water partition coefficient (Wildman–Crippen LogP) is 6.74. The highest BCUT2D eigenvalue weighted by molar-refractivity contribution is 6.06. The number of carbonyl (C=O) groups excluding carboxylic acids is 2. The van der Waals surface area contributed by atoms with E-state index in [1.54, 1.807) is 30.6 Å². The van der Waals surface area contributed by atoms with Crippen LogP contribution in [0.1, 0.15) is 50.2 Å². The molecule has 0 atom stereocenters. The maximum absolute atomic E-state index is 13.4. The molecular weight excluding hydrogens is 541 g/mol. The van der Waals surface area contributed by atoms with Crippen LogP contribution in [-0.4, -0.2) is 29.9 Å². The lowest BCUT2D eigenvalue weighted by Gasteiger charge is -2.35. The Hall–Kier alpha value is -4.66. The Bertz CT molecular complexity index is 1500. The van der Waals surface area contributed by atoms with E-state index in [1.807, 2.05) is 18.2 Å². The van der Waals surface area contributed by atoms with Crippen molar-refractivity contribution in [2.75, 3.05) is 23.3 Å². The highest BCUT2D eigenvalue weighted by Gasteiger charge is 2.30. The van der Waals surface area contributed by atoms with Gasteiger partial charge >= 0.3 is 6.18 Å². The van der Waals surface area contributed by atoms with E-state index in [-0.39, 0.29) is 18.0 Å². The summed E-state index contributed by atoms with van der Waals surface area (Å²) in [5.74, 6) is -0.320. The fraction of sp³-hybridized carbons (Fsp3) is 0.242. The number of piperidine rings is 1. The van der Waals surface area contributed by atoms with Gasteiger partial charge in [-0.2, -0.15) is 13.2 Å². The summed E-state index contributed by atoms with van der Waals surface area (Å²) in [5.41, 5.74) is 2.96. The van der Waals surface area contributed by atoms with Crippen molar-refractivity contribution in [2.24, 2.45) is 5.92 Å². The number of nitrogens with one attached hydrogen (secondary N) is 2. The molecule has 3 aromatic carbocycles. The molecule has 1 fully saturated rings. The fourth-order valence-corrected chi connectivity index (χ4v) is 5.19. The largest absolute Gasteiger partial charge is 0.416 e. The van der Waals surface area contributed by atoms with E-state index in [4.69, 9.17) is 0 Å². The smallest absolute Gasteiger partial charge is 0.371 e. The average molecular weight is 573 g/mol. The van der Waals surface area contributed by atoms with Crippen molar-refractivity contribution in [3.8, 4) is 0 Å². The molecule has 9 heteroatoms. The number of hydrogen-bond donors (Lipinski definition) is 2. The summed E-state index contributed by atoms with van der Waals surface area (Å²) in [4.78, 5) is 32.6. The zero-order valence-electron chi connectivity index (χ0n) is 22.9. The molecule has 0 bridgehead atoms. The summed E-state index contributed by atoms with van der Waals surface area (Å²) in [7, 11) is 0. The molecule has 0 unspecified atom stereocenters. The van der Waals surface area contributed by atoms with Crippen molar-refractivity contribution < 1.29 is 22.8 Å². The first-order valence-electron chi connectivity index (χ1n) is 13.8. The summed E-state index contributed by atoms with van der Waals surface area (Å²) in [6.45, 7) is 1.86. The highest BCUT2D eigenvalue weighted by atomic mass is 19.4. The van der Waals surface area contributed by atoms with Crippen LogP contribution in [0.3, 0.4) is 0 Å². The number of alkyl halides is 3. The van der Waals surface area contributed by atoms with Gasteiger partial charge in [0.25, 0.3) is 11.8 Å². The lowest BCUT2D eigenvalue weighted by Crippen LogP contribution is -2.36. The SMILES string of the molecule is O=C(Nc1ccc(N2CCC(Cc3ccccc3)CC2)c(C(=O)NCc2cccnc2)c1)c1ccc(C(F)(F)F)cc1. The standard InChI is InChI=1S/C33H31F3N4O2/c34-33(35,36)27-10-8-26(9-11-27)31(41)39-28-12-13-30(29(20-28)32(42)38-22-25-7-4-16-37-21-25)40-17-14-24(15-18-40)19-23-5-2-1-3-6-23/h1-13,16,20-21,24H,14-15,17-19,22H2,(H,38,42)(H,39,41). The van der Waals surface area contributed by atoms with Gasteiger partial charge in [-0.3, -0.25) is 14.6 Å². The van der Waals surface area contributed by atoms with Crippen LogP contribution in [0.25, 0.3) is 0 Å². The summed E-state index contributed by atoms with van der Waals surface area (Å²) in [6, 6.07) is 23.2. The predicted molar refractivity (Wildman–Crippen MR) is 156 cm³/mol. The van der Waals surface area contributed by atoms with Gasteiger partial charge in [0.2, 0.25) is 0 Å². The van der Waals surface area contributed by atoms with Crippen molar-refractivity contribution >= 4 is 23.2 Å². The van der Waals surface area contributed by atoms with E-state index < -0.39 is 17.6 Å². The first-order valence-corrected chi connectivity index (χ1v) is 13.8. The molecule has 216 valence electrons. The second-order valence-electron chi connectivity index (χ2n) is 10.4. The summed E-state index contributed by atoms with van der Waals surface area (Å²) < 4.78 is 38.8. The number of carbonyl (C=O) groups is 2. The molecule has 4 aromatic rings. The molecule has 0 radical (unpaired) electrons. The minimum absolute atomic E-state index is 0.0788. The zero-order valence-corrected chi connectivity index (χ0v) is 22.9. The van der Waals surface area contributed by atoms with Crippen LogP contribution in [0, 0.1) is 5.92 Å². The Morgan fingerprint density at radius 1 is 0.857 bits per heavy atom. The molecule has 2 heterocycles. The molecular formula is C33H31F3N4O2. The van der Waals surface area contributed by atoms with E-state index in [0.717, 1.165) is 67.9 Å². The van der Waals surface area contributed by atoms with Crippen molar-refractivity contribution in [1.29, 1.82) is 0 Å². The van der Waals surface area contributed by atoms with Crippen LogP contribution in [0.15, 0.2) is 97.3 Å². The maximum atomic E-state index is 13.4. The van der Waals surface area contributed by atoms with Gasteiger partial charge in [0.15, 0.2) is 0 Å². The highest BCUT2D eigenvalue weighted by Crippen LogP contribution is 2.31. The number of hydrogen-bond acceptors (Lipinski definition) is 4. The minimum atomic E-state index is -4.49. The molecule has 0 saturated carbocycles. The van der Waals surface area contributed by atoms with Crippen molar-refractivity contribution in [3.63, 3.8) is 0 Å². The Labute approximate surface area is 242 Å². The number of nitrogens with zero attached hydrogens (tertiary/aromatic N) is 2. The van der Waals surface area contributed by atoms with Gasteiger partial charge in [-0.1, -0.05) is 36.4 Å². The number of amides is 2. The lowest BCUT2D eigenvalue weighted by molar-refractivity contribution is -0.137. The van der Waals surface area contributed by atoms with E-state index in [1.165, 1.54) is 5.56 Å². The Kier molecular flexibility index (Phi) is 8.85. The minimum Gasteiger partial charge on any atom is -0.371 e. The average Bonchev–Trinajstić information content (AvgIpc) is 3.01. The molecule has 42 heavy (non-hydrogen) atoms. The maximum Gasteiger partial charge on any atom is 0.416 e. The van der Waals surface area contributed by atoms with Crippen LogP contribution in [0.2, 0.25) is 0 Å². The Morgan fingerprint density at radius 2 is 1.57 bits per heavy atom. The van der Waals surface area contributed by atoms with Crippen molar-refractivity contribution in [1.82, 2.24) is 10.3 Å². The number of anilines is 2. The van der Waals surface area contributed by atoms with Crippen LogP contribution in [0.5, 0.6) is 0 Å². The third-order valence-electron chi connectivity index (χ3n) is 7.47. The quantitative estimate of drug-likeness (QED) is 0.245. The number of halogens is 3. The molecule has 2 amide bonds. The lowest BCUT2D eigenvalue weighted by atomic mass is 9.89. The van der Waals surface area contributed by atoms with E-state index in [2.05, 4.69) is 44.8 Å². The molecule has 0 spiro atoms. The molecule has 0 aliphatic carbocycles.